The lowest BCUT2D eigenvalue weighted by Gasteiger charge is -2.34. The second-order valence-electron chi connectivity index (χ2n) is 5.75. The summed E-state index contributed by atoms with van der Waals surface area (Å²) in [6.45, 7) is 0.320. The molecule has 128 valence electrons. The number of methoxy groups -OCH3 is 1. The molecule has 1 aliphatic rings. The van der Waals surface area contributed by atoms with E-state index < -0.39 is 17.8 Å². The number of benzene rings is 1. The Kier molecular flexibility index (Phi) is 4.88. The second kappa shape index (κ2) is 7.25. The number of rotatable bonds is 3. The first-order valence-electron chi connectivity index (χ1n) is 7.82. The van der Waals surface area contributed by atoms with Gasteiger partial charge in [-0.1, -0.05) is 24.3 Å². The Balaban J connectivity index is 1.84. The van der Waals surface area contributed by atoms with Crippen LogP contribution >= 0.6 is 0 Å². The van der Waals surface area contributed by atoms with Crippen molar-refractivity contribution in [3.05, 3.63) is 71.3 Å². The molecule has 0 spiro atoms. The molecule has 1 amide bonds. The van der Waals surface area contributed by atoms with Crippen molar-refractivity contribution in [3.8, 4) is 0 Å². The maximum atomic E-state index is 13.2. The molecule has 0 fully saturated rings. The zero-order valence-corrected chi connectivity index (χ0v) is 13.7. The third-order valence-corrected chi connectivity index (χ3v) is 4.15. The highest BCUT2D eigenvalue weighted by atomic mass is 19.1. The summed E-state index contributed by atoms with van der Waals surface area (Å²) in [5.74, 6) is -1.27. The van der Waals surface area contributed by atoms with Crippen LogP contribution in [-0.2, 0) is 27.3 Å². The van der Waals surface area contributed by atoms with Crippen molar-refractivity contribution in [2.24, 2.45) is 0 Å². The Bertz CT molecular complexity index is 835. The Morgan fingerprint density at radius 2 is 2.04 bits per heavy atom. The molecule has 0 saturated heterocycles. The fourth-order valence-electron chi connectivity index (χ4n) is 2.88. The second-order valence-corrected chi connectivity index (χ2v) is 5.75. The standard InChI is InChI=1S/C19H17FN2O3/c1-25-19(24)17-9-14-4-2-3-5-15(14)12-22(17)18(23)7-6-13-8-16(20)11-21-10-13/h2-8,10-11,17H,9,12H2,1H3/b7-6+/t17-/m1/s1. The third-order valence-electron chi connectivity index (χ3n) is 4.15. The van der Waals surface area contributed by atoms with E-state index in [1.165, 1.54) is 36.4 Å². The van der Waals surface area contributed by atoms with Crippen LogP contribution in [0.3, 0.4) is 0 Å². The predicted molar refractivity (Wildman–Crippen MR) is 89.7 cm³/mol. The highest BCUT2D eigenvalue weighted by Crippen LogP contribution is 2.24. The number of hydrogen-bond acceptors (Lipinski definition) is 4. The van der Waals surface area contributed by atoms with Crippen LogP contribution in [0.4, 0.5) is 4.39 Å². The summed E-state index contributed by atoms with van der Waals surface area (Å²) in [4.78, 5) is 29.9. The summed E-state index contributed by atoms with van der Waals surface area (Å²) < 4.78 is 18.0. The van der Waals surface area contributed by atoms with Crippen LogP contribution < -0.4 is 0 Å². The number of carbonyl (C=O) groups excluding carboxylic acids is 2. The number of fused-ring (bicyclic) bond motifs is 1. The van der Waals surface area contributed by atoms with E-state index >= 15 is 0 Å². The van der Waals surface area contributed by atoms with E-state index in [0.717, 1.165) is 17.3 Å². The summed E-state index contributed by atoms with van der Waals surface area (Å²) in [6, 6.07) is 8.28. The van der Waals surface area contributed by atoms with Crippen LogP contribution in [-0.4, -0.2) is 34.9 Å². The molecule has 1 aliphatic heterocycles. The lowest BCUT2D eigenvalue weighted by Crippen LogP contribution is -2.48. The zero-order valence-electron chi connectivity index (χ0n) is 13.7. The lowest BCUT2D eigenvalue weighted by molar-refractivity contribution is -0.152. The maximum Gasteiger partial charge on any atom is 0.328 e. The quantitative estimate of drug-likeness (QED) is 0.636. The molecule has 0 unspecified atom stereocenters. The number of pyridine rings is 1. The lowest BCUT2D eigenvalue weighted by atomic mass is 9.94. The molecule has 0 aliphatic carbocycles. The van der Waals surface area contributed by atoms with Crippen molar-refractivity contribution in [1.82, 2.24) is 9.88 Å². The molecule has 1 atom stereocenters. The SMILES string of the molecule is COC(=O)[C@H]1Cc2ccccc2CN1C(=O)/C=C/c1cncc(F)c1. The Morgan fingerprint density at radius 3 is 2.76 bits per heavy atom. The summed E-state index contributed by atoms with van der Waals surface area (Å²) >= 11 is 0. The van der Waals surface area contributed by atoms with E-state index in [0.29, 0.717) is 18.5 Å². The van der Waals surface area contributed by atoms with Crippen molar-refractivity contribution in [1.29, 1.82) is 0 Å². The van der Waals surface area contributed by atoms with Crippen molar-refractivity contribution in [2.75, 3.05) is 7.11 Å². The summed E-state index contributed by atoms with van der Waals surface area (Å²) in [5, 5.41) is 0. The molecule has 0 N–H and O–H groups in total. The zero-order chi connectivity index (χ0) is 17.8. The van der Waals surface area contributed by atoms with Crippen molar-refractivity contribution in [2.45, 2.75) is 19.0 Å². The number of hydrogen-bond donors (Lipinski definition) is 0. The van der Waals surface area contributed by atoms with E-state index in [9.17, 15) is 14.0 Å². The Hall–Kier alpha value is -3.02. The van der Waals surface area contributed by atoms with Gasteiger partial charge in [-0.3, -0.25) is 9.78 Å². The fraction of sp³-hybridized carbons (Fsp3) is 0.211. The number of ether oxygens (including phenoxy) is 1. The highest BCUT2D eigenvalue weighted by molar-refractivity contribution is 5.95. The molecule has 2 aromatic rings. The normalized spacial score (nSPS) is 16.6. The van der Waals surface area contributed by atoms with Gasteiger partial charge in [0.2, 0.25) is 5.91 Å². The van der Waals surface area contributed by atoms with E-state index in [2.05, 4.69) is 4.98 Å². The highest BCUT2D eigenvalue weighted by Gasteiger charge is 2.34. The van der Waals surface area contributed by atoms with Gasteiger partial charge >= 0.3 is 5.97 Å². The molecule has 0 bridgehead atoms. The topological polar surface area (TPSA) is 59.5 Å². The number of carbonyl (C=O) groups is 2. The molecule has 5 nitrogen and oxygen atoms in total. The van der Waals surface area contributed by atoms with Gasteiger partial charge in [0.25, 0.3) is 0 Å². The molecule has 1 aromatic heterocycles. The third kappa shape index (κ3) is 3.74. The Morgan fingerprint density at radius 1 is 1.28 bits per heavy atom. The van der Waals surface area contributed by atoms with Gasteiger partial charge in [0.15, 0.2) is 0 Å². The van der Waals surface area contributed by atoms with Gasteiger partial charge in [0, 0.05) is 25.2 Å². The van der Waals surface area contributed by atoms with Crippen LogP contribution in [0, 0.1) is 5.82 Å². The largest absolute Gasteiger partial charge is 0.467 e. The van der Waals surface area contributed by atoms with Crippen LogP contribution in [0.2, 0.25) is 0 Å². The van der Waals surface area contributed by atoms with E-state index in [4.69, 9.17) is 4.74 Å². The molecule has 6 heteroatoms. The van der Waals surface area contributed by atoms with Crippen LogP contribution in [0.1, 0.15) is 16.7 Å². The van der Waals surface area contributed by atoms with Gasteiger partial charge in [0.1, 0.15) is 11.9 Å². The number of aromatic nitrogens is 1. The number of halogens is 1. The first kappa shape index (κ1) is 16.8. The molecule has 3 rings (SSSR count). The molecular formula is C19H17FN2O3. The van der Waals surface area contributed by atoms with Gasteiger partial charge < -0.3 is 9.64 Å². The van der Waals surface area contributed by atoms with Crippen LogP contribution in [0.15, 0.2) is 48.8 Å². The van der Waals surface area contributed by atoms with Gasteiger partial charge in [-0.25, -0.2) is 9.18 Å². The van der Waals surface area contributed by atoms with E-state index in [-0.39, 0.29) is 5.91 Å². The fourth-order valence-corrected chi connectivity index (χ4v) is 2.88. The predicted octanol–water partition coefficient (Wildman–Crippen LogP) is 2.36. The van der Waals surface area contributed by atoms with E-state index in [1.54, 1.807) is 0 Å². The molecule has 1 aromatic carbocycles. The van der Waals surface area contributed by atoms with Crippen molar-refractivity contribution in [3.63, 3.8) is 0 Å². The van der Waals surface area contributed by atoms with E-state index in [1.807, 2.05) is 24.3 Å². The number of amides is 1. The molecule has 0 radical (unpaired) electrons. The smallest absolute Gasteiger partial charge is 0.328 e. The summed E-state index contributed by atoms with van der Waals surface area (Å²) in [5.41, 5.74) is 2.50. The van der Waals surface area contributed by atoms with Gasteiger partial charge in [-0.05, 0) is 28.8 Å². The molecular weight excluding hydrogens is 323 g/mol. The minimum atomic E-state index is -0.678. The van der Waals surface area contributed by atoms with Crippen LogP contribution in [0.5, 0.6) is 0 Å². The minimum Gasteiger partial charge on any atom is -0.467 e. The monoisotopic (exact) mass is 340 g/mol. The molecule has 0 saturated carbocycles. The minimum absolute atomic E-state index is 0.320. The summed E-state index contributed by atoms with van der Waals surface area (Å²) in [7, 11) is 1.31. The average Bonchev–Trinajstić information content (AvgIpc) is 2.64. The first-order valence-corrected chi connectivity index (χ1v) is 7.82. The van der Waals surface area contributed by atoms with Crippen LogP contribution in [0.25, 0.3) is 6.08 Å². The molecule has 2 heterocycles. The van der Waals surface area contributed by atoms with Crippen molar-refractivity contribution < 1.29 is 18.7 Å². The average molecular weight is 340 g/mol. The van der Waals surface area contributed by atoms with Gasteiger partial charge in [-0.2, -0.15) is 0 Å². The van der Waals surface area contributed by atoms with Crippen molar-refractivity contribution >= 4 is 18.0 Å². The Labute approximate surface area is 144 Å². The maximum absolute atomic E-state index is 13.2. The molecule has 25 heavy (non-hydrogen) atoms. The van der Waals surface area contributed by atoms with Gasteiger partial charge in [0.05, 0.1) is 13.3 Å². The number of nitrogens with zero attached hydrogens (tertiary/aromatic N) is 2. The van der Waals surface area contributed by atoms with Gasteiger partial charge in [-0.15, -0.1) is 0 Å². The number of esters is 1. The summed E-state index contributed by atoms with van der Waals surface area (Å²) in [6.07, 6.45) is 5.75. The first-order chi connectivity index (χ1) is 12.1.